The van der Waals surface area contributed by atoms with E-state index in [-0.39, 0.29) is 17.7 Å². The van der Waals surface area contributed by atoms with Gasteiger partial charge in [0, 0.05) is 23.0 Å². The van der Waals surface area contributed by atoms with Crippen molar-refractivity contribution in [3.05, 3.63) is 58.6 Å². The molecule has 1 fully saturated rings. The molecule has 3 rings (SSSR count). The van der Waals surface area contributed by atoms with Gasteiger partial charge >= 0.3 is 0 Å². The summed E-state index contributed by atoms with van der Waals surface area (Å²) in [5, 5.41) is 7.87. The van der Waals surface area contributed by atoms with Crippen molar-refractivity contribution in [3.8, 4) is 5.75 Å². The molecule has 2 N–H and O–H groups in total. The van der Waals surface area contributed by atoms with E-state index in [2.05, 4.69) is 15.8 Å². The van der Waals surface area contributed by atoms with Crippen LogP contribution in [0.15, 0.2) is 47.6 Å². The van der Waals surface area contributed by atoms with Gasteiger partial charge in [-0.05, 0) is 74.6 Å². The van der Waals surface area contributed by atoms with Crippen LogP contribution in [0.1, 0.15) is 63.0 Å². The molecule has 0 saturated heterocycles. The number of benzene rings is 2. The summed E-state index contributed by atoms with van der Waals surface area (Å²) < 4.78 is 5.71. The molecule has 0 aliphatic heterocycles. The summed E-state index contributed by atoms with van der Waals surface area (Å²) in [4.78, 5) is 24.5. The molecule has 0 heterocycles. The van der Waals surface area contributed by atoms with E-state index in [4.69, 9.17) is 16.3 Å². The molecular formula is C26H32ClN3O3. The van der Waals surface area contributed by atoms with Crippen LogP contribution in [0, 0.1) is 12.8 Å². The molecule has 1 aliphatic rings. The average Bonchev–Trinajstić information content (AvgIpc) is 2.82. The maximum atomic E-state index is 12.4. The molecule has 2 aromatic carbocycles. The fraction of sp³-hybridized carbons (Fsp3) is 0.423. The fourth-order valence-corrected chi connectivity index (χ4v) is 4.09. The minimum atomic E-state index is -0.165. The highest BCUT2D eigenvalue weighted by molar-refractivity contribution is 6.30. The van der Waals surface area contributed by atoms with Gasteiger partial charge in [0.15, 0.2) is 0 Å². The number of nitrogens with zero attached hydrogens (tertiary/aromatic N) is 1. The summed E-state index contributed by atoms with van der Waals surface area (Å²) in [6.45, 7) is 4.21. The maximum absolute atomic E-state index is 12.4. The van der Waals surface area contributed by atoms with E-state index >= 15 is 0 Å². The van der Waals surface area contributed by atoms with E-state index in [0.29, 0.717) is 30.2 Å². The van der Waals surface area contributed by atoms with Crippen LogP contribution in [-0.2, 0) is 9.59 Å². The SMILES string of the molecule is C/C(=N/NC(=O)CCCOc1ccc(Cl)cc1C)c1ccc(NC(=O)C2CCCCC2)cc1. The second-order valence-corrected chi connectivity index (χ2v) is 8.93. The first-order valence-electron chi connectivity index (χ1n) is 11.6. The number of amides is 2. The Kier molecular flexibility index (Phi) is 9.31. The molecule has 0 spiro atoms. The molecule has 1 aliphatic carbocycles. The lowest BCUT2D eigenvalue weighted by Gasteiger charge is -2.20. The zero-order chi connectivity index (χ0) is 23.6. The van der Waals surface area contributed by atoms with Crippen molar-refractivity contribution >= 4 is 34.8 Å². The number of aryl methyl sites for hydroxylation is 1. The molecule has 33 heavy (non-hydrogen) atoms. The van der Waals surface area contributed by atoms with Gasteiger partial charge in [-0.3, -0.25) is 9.59 Å². The van der Waals surface area contributed by atoms with E-state index in [0.717, 1.165) is 48.2 Å². The highest BCUT2D eigenvalue weighted by atomic mass is 35.5. The molecule has 6 nitrogen and oxygen atoms in total. The van der Waals surface area contributed by atoms with Crippen molar-refractivity contribution in [2.45, 2.75) is 58.8 Å². The van der Waals surface area contributed by atoms with Crippen molar-refractivity contribution in [2.75, 3.05) is 11.9 Å². The molecular weight excluding hydrogens is 438 g/mol. The fourth-order valence-electron chi connectivity index (χ4n) is 3.86. The van der Waals surface area contributed by atoms with E-state index in [1.165, 1.54) is 6.42 Å². The van der Waals surface area contributed by atoms with Crippen LogP contribution in [0.5, 0.6) is 5.75 Å². The van der Waals surface area contributed by atoms with Gasteiger partial charge < -0.3 is 10.1 Å². The van der Waals surface area contributed by atoms with Gasteiger partial charge in [0.05, 0.1) is 12.3 Å². The average molecular weight is 470 g/mol. The van der Waals surface area contributed by atoms with Crippen LogP contribution in [0.4, 0.5) is 5.69 Å². The summed E-state index contributed by atoms with van der Waals surface area (Å²) in [6, 6.07) is 13.0. The van der Waals surface area contributed by atoms with Gasteiger partial charge in [0.2, 0.25) is 11.8 Å². The predicted octanol–water partition coefficient (Wildman–Crippen LogP) is 5.87. The molecule has 0 bridgehead atoms. The van der Waals surface area contributed by atoms with Gasteiger partial charge in [-0.25, -0.2) is 5.43 Å². The number of hydrogen-bond acceptors (Lipinski definition) is 4. The highest BCUT2D eigenvalue weighted by Gasteiger charge is 2.20. The van der Waals surface area contributed by atoms with Crippen LogP contribution in [0.3, 0.4) is 0 Å². The maximum Gasteiger partial charge on any atom is 0.240 e. The van der Waals surface area contributed by atoms with Crippen LogP contribution in [-0.4, -0.2) is 24.1 Å². The Labute approximate surface area is 200 Å². The smallest absolute Gasteiger partial charge is 0.240 e. The number of nitrogens with one attached hydrogen (secondary N) is 2. The van der Waals surface area contributed by atoms with Crippen molar-refractivity contribution in [1.29, 1.82) is 0 Å². The Morgan fingerprint density at radius 1 is 1.09 bits per heavy atom. The zero-order valence-electron chi connectivity index (χ0n) is 19.3. The number of carbonyl (C=O) groups excluding carboxylic acids is 2. The van der Waals surface area contributed by atoms with Gasteiger partial charge in [-0.2, -0.15) is 5.10 Å². The standard InChI is InChI=1S/C26H32ClN3O3/c1-18-17-22(27)12-15-24(18)33-16-6-9-25(31)30-29-19(2)20-10-13-23(14-11-20)28-26(32)21-7-4-3-5-8-21/h10-15,17,21H,3-9,16H2,1-2H3,(H,28,32)(H,30,31)/b29-19-. The van der Waals surface area contributed by atoms with Crippen molar-refractivity contribution in [2.24, 2.45) is 11.0 Å². The second kappa shape index (κ2) is 12.4. The molecule has 1 saturated carbocycles. The molecule has 0 aromatic heterocycles. The molecule has 0 unspecified atom stereocenters. The lowest BCUT2D eigenvalue weighted by molar-refractivity contribution is -0.121. The normalized spacial score (nSPS) is 14.6. The first-order chi connectivity index (χ1) is 15.9. The van der Waals surface area contributed by atoms with E-state index < -0.39 is 0 Å². The largest absolute Gasteiger partial charge is 0.493 e. The van der Waals surface area contributed by atoms with E-state index in [1.807, 2.05) is 50.2 Å². The van der Waals surface area contributed by atoms with Gasteiger partial charge in [0.1, 0.15) is 5.75 Å². The topological polar surface area (TPSA) is 79.8 Å². The number of rotatable bonds is 9. The lowest BCUT2D eigenvalue weighted by atomic mass is 9.88. The van der Waals surface area contributed by atoms with E-state index in [1.54, 1.807) is 6.07 Å². The molecule has 2 aromatic rings. The van der Waals surface area contributed by atoms with E-state index in [9.17, 15) is 9.59 Å². The quantitative estimate of drug-likeness (QED) is 0.274. The summed E-state index contributed by atoms with van der Waals surface area (Å²) in [5.74, 6) is 0.835. The van der Waals surface area contributed by atoms with Gasteiger partial charge in [-0.1, -0.05) is 43.0 Å². The third-order valence-corrected chi connectivity index (χ3v) is 6.07. The van der Waals surface area contributed by atoms with Crippen LogP contribution < -0.4 is 15.5 Å². The Hall–Kier alpha value is -2.86. The summed E-state index contributed by atoms with van der Waals surface area (Å²) in [7, 11) is 0. The van der Waals surface area contributed by atoms with Crippen LogP contribution in [0.25, 0.3) is 0 Å². The zero-order valence-corrected chi connectivity index (χ0v) is 20.1. The molecule has 176 valence electrons. The van der Waals surface area contributed by atoms with Crippen molar-refractivity contribution < 1.29 is 14.3 Å². The monoisotopic (exact) mass is 469 g/mol. The Morgan fingerprint density at radius 2 is 1.82 bits per heavy atom. The van der Waals surface area contributed by atoms with Crippen molar-refractivity contribution in [3.63, 3.8) is 0 Å². The first-order valence-corrected chi connectivity index (χ1v) is 11.9. The number of anilines is 1. The third-order valence-electron chi connectivity index (χ3n) is 5.84. The first kappa shape index (κ1) is 24.8. The van der Waals surface area contributed by atoms with Gasteiger partial charge in [-0.15, -0.1) is 0 Å². The Balaban J connectivity index is 1.40. The molecule has 7 heteroatoms. The number of hydrogen-bond donors (Lipinski definition) is 2. The molecule has 2 amide bonds. The summed E-state index contributed by atoms with van der Waals surface area (Å²) >= 11 is 5.94. The summed E-state index contributed by atoms with van der Waals surface area (Å²) in [6.07, 6.45) is 6.34. The van der Waals surface area contributed by atoms with Crippen LogP contribution in [0.2, 0.25) is 5.02 Å². The third kappa shape index (κ3) is 7.90. The number of halogens is 1. The number of carbonyl (C=O) groups is 2. The summed E-state index contributed by atoms with van der Waals surface area (Å²) in [5.41, 5.74) is 5.92. The number of ether oxygens (including phenoxy) is 1. The van der Waals surface area contributed by atoms with Gasteiger partial charge in [0.25, 0.3) is 0 Å². The Morgan fingerprint density at radius 3 is 2.52 bits per heavy atom. The molecule has 0 radical (unpaired) electrons. The van der Waals surface area contributed by atoms with Crippen LogP contribution >= 0.6 is 11.6 Å². The minimum absolute atomic E-state index is 0.107. The highest BCUT2D eigenvalue weighted by Crippen LogP contribution is 2.25. The Bertz CT molecular complexity index is 983. The lowest BCUT2D eigenvalue weighted by Crippen LogP contribution is -2.24. The molecule has 0 atom stereocenters. The predicted molar refractivity (Wildman–Crippen MR) is 133 cm³/mol. The number of hydrazone groups is 1. The minimum Gasteiger partial charge on any atom is -0.493 e. The van der Waals surface area contributed by atoms with Crippen molar-refractivity contribution in [1.82, 2.24) is 5.43 Å². The second-order valence-electron chi connectivity index (χ2n) is 8.50.